The summed E-state index contributed by atoms with van der Waals surface area (Å²) in [5.74, 6) is -1.52. The summed E-state index contributed by atoms with van der Waals surface area (Å²) in [6.45, 7) is 6.55. The second-order valence-corrected chi connectivity index (χ2v) is 5.43. The minimum atomic E-state index is -1.14. The molecule has 0 aliphatic carbocycles. The Labute approximate surface area is 106 Å². The van der Waals surface area contributed by atoms with Crippen LogP contribution >= 0.6 is 0 Å². The van der Waals surface area contributed by atoms with Crippen molar-refractivity contribution in [3.8, 4) is 0 Å². The number of hydrogen-bond donors (Lipinski definition) is 1. The van der Waals surface area contributed by atoms with E-state index in [-0.39, 0.29) is 22.6 Å². The molecule has 1 aromatic heterocycles. The molecule has 0 radical (unpaired) electrons. The van der Waals surface area contributed by atoms with Crippen molar-refractivity contribution in [3.63, 3.8) is 0 Å². The number of carboxylic acid groups (broad SMARTS) is 1. The molecular formula is C13H18N2O3. The number of hydrogen-bond acceptors (Lipinski definition) is 3. The average molecular weight is 250 g/mol. The first-order valence-electron chi connectivity index (χ1n) is 5.66. The van der Waals surface area contributed by atoms with Gasteiger partial charge in [-0.3, -0.25) is 9.78 Å². The lowest BCUT2D eigenvalue weighted by atomic mass is 9.96. The molecule has 0 aliphatic heterocycles. The molecule has 0 fully saturated rings. The van der Waals surface area contributed by atoms with E-state index in [0.29, 0.717) is 6.54 Å². The predicted molar refractivity (Wildman–Crippen MR) is 67.6 cm³/mol. The van der Waals surface area contributed by atoms with Crippen LogP contribution < -0.4 is 0 Å². The molecule has 0 saturated carbocycles. The zero-order valence-corrected chi connectivity index (χ0v) is 11.1. The van der Waals surface area contributed by atoms with Crippen molar-refractivity contribution in [3.05, 3.63) is 29.6 Å². The lowest BCUT2D eigenvalue weighted by molar-refractivity contribution is 0.0670. The van der Waals surface area contributed by atoms with Gasteiger partial charge in [0.15, 0.2) is 0 Å². The highest BCUT2D eigenvalue weighted by atomic mass is 16.4. The maximum absolute atomic E-state index is 12.1. The average Bonchev–Trinajstić information content (AvgIpc) is 2.25. The van der Waals surface area contributed by atoms with Crippen LogP contribution in [0.25, 0.3) is 0 Å². The highest BCUT2D eigenvalue weighted by molar-refractivity contribution is 6.03. The number of aromatic nitrogens is 1. The molecule has 0 spiro atoms. The fraction of sp³-hybridized carbons (Fsp3) is 0.462. The lowest BCUT2D eigenvalue weighted by Gasteiger charge is -2.26. The molecule has 0 aromatic carbocycles. The van der Waals surface area contributed by atoms with Gasteiger partial charge in [-0.1, -0.05) is 20.8 Å². The smallest absolute Gasteiger partial charge is 0.338 e. The van der Waals surface area contributed by atoms with Crippen LogP contribution in [0, 0.1) is 5.41 Å². The standard InChI is InChI=1S/C13H18N2O3/c1-13(2,3)8-15(4)11(16)10-9(12(17)18)6-5-7-14-10/h5-7H,8H2,1-4H3,(H,17,18). The summed E-state index contributed by atoms with van der Waals surface area (Å²) >= 11 is 0. The lowest BCUT2D eigenvalue weighted by Crippen LogP contribution is -2.35. The van der Waals surface area contributed by atoms with Crippen LogP contribution in [0.5, 0.6) is 0 Å². The Morgan fingerprint density at radius 3 is 2.50 bits per heavy atom. The normalized spacial score (nSPS) is 11.1. The van der Waals surface area contributed by atoms with E-state index >= 15 is 0 Å². The molecule has 0 unspecified atom stereocenters. The second kappa shape index (κ2) is 5.16. The molecule has 98 valence electrons. The van der Waals surface area contributed by atoms with Crippen LogP contribution in [0.2, 0.25) is 0 Å². The molecule has 0 atom stereocenters. The number of carbonyl (C=O) groups is 2. The van der Waals surface area contributed by atoms with Crippen LogP contribution in [0.1, 0.15) is 41.6 Å². The van der Waals surface area contributed by atoms with E-state index in [1.165, 1.54) is 23.2 Å². The van der Waals surface area contributed by atoms with Crippen molar-refractivity contribution in [2.75, 3.05) is 13.6 Å². The molecule has 0 aliphatic rings. The molecule has 0 bridgehead atoms. The number of aromatic carboxylic acids is 1. The number of pyridine rings is 1. The Morgan fingerprint density at radius 2 is 2.00 bits per heavy atom. The summed E-state index contributed by atoms with van der Waals surface area (Å²) in [6.07, 6.45) is 1.42. The van der Waals surface area contributed by atoms with Crippen LogP contribution in [-0.2, 0) is 0 Å². The van der Waals surface area contributed by atoms with Gasteiger partial charge in [0.25, 0.3) is 5.91 Å². The monoisotopic (exact) mass is 250 g/mol. The Morgan fingerprint density at radius 1 is 1.39 bits per heavy atom. The fourth-order valence-electron chi connectivity index (χ4n) is 1.71. The molecule has 5 heteroatoms. The molecule has 1 N–H and O–H groups in total. The summed E-state index contributed by atoms with van der Waals surface area (Å²) < 4.78 is 0. The third-order valence-electron chi connectivity index (χ3n) is 2.30. The third kappa shape index (κ3) is 3.55. The van der Waals surface area contributed by atoms with Gasteiger partial charge in [-0.15, -0.1) is 0 Å². The maximum atomic E-state index is 12.1. The summed E-state index contributed by atoms with van der Waals surface area (Å²) in [5, 5.41) is 9.02. The quantitative estimate of drug-likeness (QED) is 0.889. The van der Waals surface area contributed by atoms with E-state index in [2.05, 4.69) is 4.98 Å². The van der Waals surface area contributed by atoms with E-state index in [1.807, 2.05) is 20.8 Å². The number of nitrogens with zero attached hydrogens (tertiary/aromatic N) is 2. The van der Waals surface area contributed by atoms with Gasteiger partial charge in [0.1, 0.15) is 5.69 Å². The van der Waals surface area contributed by atoms with Crippen LogP contribution in [0.15, 0.2) is 18.3 Å². The van der Waals surface area contributed by atoms with E-state index in [4.69, 9.17) is 5.11 Å². The van der Waals surface area contributed by atoms with Gasteiger partial charge < -0.3 is 10.0 Å². The first kappa shape index (κ1) is 14.2. The SMILES string of the molecule is CN(CC(C)(C)C)C(=O)c1ncccc1C(=O)O. The summed E-state index contributed by atoms with van der Waals surface area (Å²) in [5.41, 5.74) is -0.136. The van der Waals surface area contributed by atoms with Crippen molar-refractivity contribution in [1.82, 2.24) is 9.88 Å². The van der Waals surface area contributed by atoms with Gasteiger partial charge in [-0.2, -0.15) is 0 Å². The van der Waals surface area contributed by atoms with Crippen molar-refractivity contribution in [2.24, 2.45) is 5.41 Å². The van der Waals surface area contributed by atoms with E-state index in [9.17, 15) is 9.59 Å². The highest BCUT2D eigenvalue weighted by Crippen LogP contribution is 2.16. The van der Waals surface area contributed by atoms with Crippen molar-refractivity contribution >= 4 is 11.9 Å². The fourth-order valence-corrected chi connectivity index (χ4v) is 1.71. The molecule has 1 heterocycles. The topological polar surface area (TPSA) is 70.5 Å². The molecular weight excluding hydrogens is 232 g/mol. The minimum Gasteiger partial charge on any atom is -0.478 e. The predicted octanol–water partition coefficient (Wildman–Crippen LogP) is 1.90. The summed E-state index contributed by atoms with van der Waals surface area (Å²) in [4.78, 5) is 28.5. The van der Waals surface area contributed by atoms with Gasteiger partial charge in [0.05, 0.1) is 5.56 Å². The first-order chi connectivity index (χ1) is 8.22. The second-order valence-electron chi connectivity index (χ2n) is 5.43. The largest absolute Gasteiger partial charge is 0.478 e. The zero-order chi connectivity index (χ0) is 13.9. The number of amides is 1. The molecule has 0 saturated heterocycles. The summed E-state index contributed by atoms with van der Waals surface area (Å²) in [6, 6.07) is 2.89. The highest BCUT2D eigenvalue weighted by Gasteiger charge is 2.23. The van der Waals surface area contributed by atoms with Crippen molar-refractivity contribution in [2.45, 2.75) is 20.8 Å². The Balaban J connectivity index is 3.01. The van der Waals surface area contributed by atoms with Crippen molar-refractivity contribution in [1.29, 1.82) is 0 Å². The summed E-state index contributed by atoms with van der Waals surface area (Å²) in [7, 11) is 1.65. The van der Waals surface area contributed by atoms with E-state index in [1.54, 1.807) is 7.05 Å². The minimum absolute atomic E-state index is 0.0169. The van der Waals surface area contributed by atoms with Gasteiger partial charge in [0, 0.05) is 19.8 Å². The maximum Gasteiger partial charge on any atom is 0.338 e. The molecule has 1 aromatic rings. The Hall–Kier alpha value is -1.91. The van der Waals surface area contributed by atoms with Crippen LogP contribution in [0.3, 0.4) is 0 Å². The molecule has 18 heavy (non-hydrogen) atoms. The van der Waals surface area contributed by atoms with E-state index in [0.717, 1.165) is 0 Å². The third-order valence-corrected chi connectivity index (χ3v) is 2.30. The Bertz CT molecular complexity index is 464. The van der Waals surface area contributed by atoms with Crippen molar-refractivity contribution < 1.29 is 14.7 Å². The molecule has 1 rings (SSSR count). The molecule has 1 amide bonds. The van der Waals surface area contributed by atoms with Gasteiger partial charge >= 0.3 is 5.97 Å². The van der Waals surface area contributed by atoms with Gasteiger partial charge in [-0.25, -0.2) is 4.79 Å². The first-order valence-corrected chi connectivity index (χ1v) is 5.66. The van der Waals surface area contributed by atoms with E-state index < -0.39 is 5.97 Å². The zero-order valence-electron chi connectivity index (χ0n) is 11.1. The molecule has 5 nitrogen and oxygen atoms in total. The van der Waals surface area contributed by atoms with Gasteiger partial charge in [0.2, 0.25) is 0 Å². The number of rotatable bonds is 3. The number of carbonyl (C=O) groups excluding carboxylic acids is 1. The van der Waals surface area contributed by atoms with Crippen LogP contribution in [0.4, 0.5) is 0 Å². The number of carboxylic acids is 1. The van der Waals surface area contributed by atoms with Crippen LogP contribution in [-0.4, -0.2) is 40.5 Å². The van der Waals surface area contributed by atoms with Gasteiger partial charge in [-0.05, 0) is 17.5 Å². The Kier molecular flexibility index (Phi) is 4.06.